The summed E-state index contributed by atoms with van der Waals surface area (Å²) in [5.74, 6) is -0.512. The summed E-state index contributed by atoms with van der Waals surface area (Å²) in [6.45, 7) is 2.62. The van der Waals surface area contributed by atoms with Crippen LogP contribution in [-0.4, -0.2) is 30.3 Å². The van der Waals surface area contributed by atoms with Gasteiger partial charge in [-0.3, -0.25) is 4.79 Å². The smallest absolute Gasteiger partial charge is 0.231 e. The number of rotatable bonds is 2. The Kier molecular flexibility index (Phi) is 3.31. The number of aromatic hydroxyl groups is 1. The Morgan fingerprint density at radius 1 is 1.53 bits per heavy atom. The van der Waals surface area contributed by atoms with Crippen molar-refractivity contribution >= 4 is 11.6 Å². The molecule has 1 aromatic carbocycles. The number of amides is 1. The van der Waals surface area contributed by atoms with E-state index in [-0.39, 0.29) is 23.6 Å². The zero-order valence-electron chi connectivity index (χ0n) is 9.64. The number of phenols is 1. The lowest BCUT2D eigenvalue weighted by molar-refractivity contribution is -0.120. The maximum atomic E-state index is 11.9. The van der Waals surface area contributed by atoms with Crippen LogP contribution in [0.15, 0.2) is 18.2 Å². The lowest BCUT2D eigenvalue weighted by atomic mass is 10.0. The number of carbonyl (C=O) groups is 1. The first kappa shape index (κ1) is 11.9. The summed E-state index contributed by atoms with van der Waals surface area (Å²) >= 11 is 0. The van der Waals surface area contributed by atoms with E-state index >= 15 is 0 Å². The lowest BCUT2D eigenvalue weighted by Crippen LogP contribution is -2.37. The summed E-state index contributed by atoms with van der Waals surface area (Å²) < 4.78 is 5.13. The Balaban J connectivity index is 2.10. The summed E-state index contributed by atoms with van der Waals surface area (Å²) in [7, 11) is 0. The number of nitrogens with two attached hydrogens (primary N) is 1. The largest absolute Gasteiger partial charge is 0.506 e. The Labute approximate surface area is 99.6 Å². The molecule has 17 heavy (non-hydrogen) atoms. The van der Waals surface area contributed by atoms with Gasteiger partial charge in [-0.1, -0.05) is 6.07 Å². The molecular formula is C12H16N2O3. The van der Waals surface area contributed by atoms with Crippen molar-refractivity contribution in [3.63, 3.8) is 0 Å². The summed E-state index contributed by atoms with van der Waals surface area (Å²) in [5.41, 5.74) is 7.13. The molecule has 2 unspecified atom stereocenters. The molecule has 1 aliphatic heterocycles. The van der Waals surface area contributed by atoms with Crippen molar-refractivity contribution in [3.8, 4) is 5.75 Å². The molecule has 1 fully saturated rings. The first-order chi connectivity index (χ1) is 8.08. The van der Waals surface area contributed by atoms with Gasteiger partial charge in [0.2, 0.25) is 5.91 Å². The van der Waals surface area contributed by atoms with Crippen LogP contribution in [0.3, 0.4) is 0 Å². The predicted octanol–water partition coefficient (Wildman–Crippen LogP) is 0.613. The molecule has 1 aliphatic rings. The predicted molar refractivity (Wildman–Crippen MR) is 63.8 cm³/mol. The van der Waals surface area contributed by atoms with Crippen LogP contribution in [0.2, 0.25) is 0 Å². The molecule has 2 atom stereocenters. The van der Waals surface area contributed by atoms with Crippen LogP contribution in [0.5, 0.6) is 5.75 Å². The van der Waals surface area contributed by atoms with Crippen LogP contribution >= 0.6 is 0 Å². The van der Waals surface area contributed by atoms with Crippen LogP contribution in [0.25, 0.3) is 0 Å². The fraction of sp³-hybridized carbons (Fsp3) is 0.417. The van der Waals surface area contributed by atoms with Crippen molar-refractivity contribution in [2.45, 2.75) is 13.0 Å². The number of hydrogen-bond donors (Lipinski definition) is 3. The molecule has 0 bridgehead atoms. The first-order valence-corrected chi connectivity index (χ1v) is 5.51. The van der Waals surface area contributed by atoms with Gasteiger partial charge in [-0.15, -0.1) is 0 Å². The minimum atomic E-state index is -0.352. The van der Waals surface area contributed by atoms with E-state index in [9.17, 15) is 9.90 Å². The molecule has 2 rings (SSSR count). The molecule has 0 saturated carbocycles. The standard InChI is InChI=1S/C12H16N2O3/c1-7-2-3-11(15)10(4-7)14-12(16)8-5-17-6-9(8)13/h2-4,8-9,15H,5-6,13H2,1H3,(H,14,16). The van der Waals surface area contributed by atoms with Crippen LogP contribution < -0.4 is 11.1 Å². The van der Waals surface area contributed by atoms with Gasteiger partial charge in [0, 0.05) is 6.04 Å². The van der Waals surface area contributed by atoms with Gasteiger partial charge in [-0.2, -0.15) is 0 Å². The number of hydrogen-bond acceptors (Lipinski definition) is 4. The van der Waals surface area contributed by atoms with Crippen LogP contribution in [0, 0.1) is 12.8 Å². The minimum Gasteiger partial charge on any atom is -0.506 e. The van der Waals surface area contributed by atoms with Crippen molar-refractivity contribution in [2.24, 2.45) is 11.7 Å². The van der Waals surface area contributed by atoms with Gasteiger partial charge >= 0.3 is 0 Å². The number of aryl methyl sites for hydroxylation is 1. The van der Waals surface area contributed by atoms with E-state index in [1.807, 2.05) is 6.92 Å². The van der Waals surface area contributed by atoms with Crippen molar-refractivity contribution < 1.29 is 14.6 Å². The van der Waals surface area contributed by atoms with E-state index in [1.54, 1.807) is 18.2 Å². The lowest BCUT2D eigenvalue weighted by Gasteiger charge is -2.14. The van der Waals surface area contributed by atoms with Gasteiger partial charge in [-0.05, 0) is 24.6 Å². The monoisotopic (exact) mass is 236 g/mol. The maximum absolute atomic E-state index is 11.9. The Morgan fingerprint density at radius 2 is 2.29 bits per heavy atom. The Hall–Kier alpha value is -1.59. The topological polar surface area (TPSA) is 84.6 Å². The fourth-order valence-electron chi connectivity index (χ4n) is 1.82. The van der Waals surface area contributed by atoms with Crippen molar-refractivity contribution in [1.82, 2.24) is 0 Å². The van der Waals surface area contributed by atoms with E-state index < -0.39 is 0 Å². The number of benzene rings is 1. The van der Waals surface area contributed by atoms with E-state index in [1.165, 1.54) is 0 Å². The van der Waals surface area contributed by atoms with Crippen molar-refractivity contribution in [2.75, 3.05) is 18.5 Å². The molecule has 92 valence electrons. The van der Waals surface area contributed by atoms with Gasteiger partial charge in [-0.25, -0.2) is 0 Å². The zero-order valence-corrected chi connectivity index (χ0v) is 9.64. The minimum absolute atomic E-state index is 0.0523. The number of anilines is 1. The molecule has 5 heteroatoms. The zero-order chi connectivity index (χ0) is 12.4. The quantitative estimate of drug-likeness (QED) is 0.657. The summed E-state index contributed by atoms with van der Waals surface area (Å²) in [4.78, 5) is 11.9. The second kappa shape index (κ2) is 4.73. The summed E-state index contributed by atoms with van der Waals surface area (Å²) in [6.07, 6.45) is 0. The second-order valence-corrected chi connectivity index (χ2v) is 4.32. The van der Waals surface area contributed by atoms with Crippen LogP contribution in [0.4, 0.5) is 5.69 Å². The third-order valence-corrected chi connectivity index (χ3v) is 2.87. The molecule has 0 radical (unpaired) electrons. The van der Waals surface area contributed by atoms with Crippen molar-refractivity contribution in [3.05, 3.63) is 23.8 Å². The summed E-state index contributed by atoms with van der Waals surface area (Å²) in [5, 5.41) is 12.3. The van der Waals surface area contributed by atoms with E-state index in [0.717, 1.165) is 5.56 Å². The number of carbonyl (C=O) groups excluding carboxylic acids is 1. The highest BCUT2D eigenvalue weighted by molar-refractivity contribution is 5.94. The van der Waals surface area contributed by atoms with Gasteiger partial charge in [0.1, 0.15) is 5.75 Å². The highest BCUT2D eigenvalue weighted by Crippen LogP contribution is 2.25. The third-order valence-electron chi connectivity index (χ3n) is 2.87. The third kappa shape index (κ3) is 2.57. The molecule has 1 heterocycles. The molecule has 1 aromatic rings. The van der Waals surface area contributed by atoms with E-state index in [0.29, 0.717) is 18.9 Å². The Bertz CT molecular complexity index is 434. The number of phenolic OH excluding ortho intramolecular Hbond substituents is 1. The van der Waals surface area contributed by atoms with E-state index in [4.69, 9.17) is 10.5 Å². The van der Waals surface area contributed by atoms with Gasteiger partial charge in [0.25, 0.3) is 0 Å². The molecule has 1 saturated heterocycles. The normalized spacial score (nSPS) is 23.6. The number of ether oxygens (including phenoxy) is 1. The molecule has 5 nitrogen and oxygen atoms in total. The first-order valence-electron chi connectivity index (χ1n) is 5.51. The second-order valence-electron chi connectivity index (χ2n) is 4.32. The van der Waals surface area contributed by atoms with Gasteiger partial charge in [0.15, 0.2) is 0 Å². The maximum Gasteiger partial charge on any atom is 0.231 e. The van der Waals surface area contributed by atoms with E-state index in [2.05, 4.69) is 5.32 Å². The average Bonchev–Trinajstić information content (AvgIpc) is 2.70. The van der Waals surface area contributed by atoms with Crippen LogP contribution in [-0.2, 0) is 9.53 Å². The average molecular weight is 236 g/mol. The SMILES string of the molecule is Cc1ccc(O)c(NC(=O)C2COCC2N)c1. The molecule has 0 aliphatic carbocycles. The van der Waals surface area contributed by atoms with Crippen LogP contribution in [0.1, 0.15) is 5.56 Å². The Morgan fingerprint density at radius 3 is 2.94 bits per heavy atom. The van der Waals surface area contributed by atoms with Gasteiger partial charge in [0.05, 0.1) is 24.8 Å². The molecular weight excluding hydrogens is 220 g/mol. The highest BCUT2D eigenvalue weighted by Gasteiger charge is 2.31. The number of nitrogens with one attached hydrogen (secondary N) is 1. The highest BCUT2D eigenvalue weighted by atomic mass is 16.5. The molecule has 4 N–H and O–H groups in total. The molecule has 0 aromatic heterocycles. The molecule has 1 amide bonds. The summed E-state index contributed by atoms with van der Waals surface area (Å²) in [6, 6.07) is 4.77. The fourth-order valence-corrected chi connectivity index (χ4v) is 1.82. The van der Waals surface area contributed by atoms with Crippen molar-refractivity contribution in [1.29, 1.82) is 0 Å². The van der Waals surface area contributed by atoms with Gasteiger partial charge < -0.3 is 20.9 Å². The molecule has 0 spiro atoms.